The molecule has 0 saturated carbocycles. The van der Waals surface area contributed by atoms with Crippen LogP contribution in [0.1, 0.15) is 25.3 Å². The normalized spacial score (nSPS) is 25.6. The van der Waals surface area contributed by atoms with Crippen LogP contribution in [-0.4, -0.2) is 10.7 Å². The van der Waals surface area contributed by atoms with Crippen molar-refractivity contribution >= 4 is 21.8 Å². The SMILES string of the molecule is CC1C=CC2c3cc(-n4c5ccccc5c5ccccc54)ccc3OC2[C@H]1C. The molecular formula is C26H23NO. The Morgan fingerprint density at radius 3 is 2.18 bits per heavy atom. The molecule has 1 aliphatic carbocycles. The fourth-order valence-corrected chi connectivity index (χ4v) is 5.06. The first-order valence-electron chi connectivity index (χ1n) is 10.2. The number of para-hydroxylation sites is 2. The van der Waals surface area contributed by atoms with Crippen LogP contribution in [0, 0.1) is 11.8 Å². The highest BCUT2D eigenvalue weighted by Gasteiger charge is 2.40. The summed E-state index contributed by atoms with van der Waals surface area (Å²) in [4.78, 5) is 0. The number of benzene rings is 3. The molecule has 0 bridgehead atoms. The van der Waals surface area contributed by atoms with E-state index in [2.05, 4.69) is 97.3 Å². The third kappa shape index (κ3) is 2.09. The first kappa shape index (κ1) is 16.0. The minimum Gasteiger partial charge on any atom is -0.489 e. The Labute approximate surface area is 165 Å². The maximum absolute atomic E-state index is 6.38. The van der Waals surface area contributed by atoms with Crippen LogP contribution in [0.5, 0.6) is 5.75 Å². The smallest absolute Gasteiger partial charge is 0.123 e. The van der Waals surface area contributed by atoms with Crippen LogP contribution in [0.15, 0.2) is 78.9 Å². The van der Waals surface area contributed by atoms with Crippen molar-refractivity contribution in [2.45, 2.75) is 25.9 Å². The average molecular weight is 365 g/mol. The van der Waals surface area contributed by atoms with Crippen molar-refractivity contribution in [1.29, 1.82) is 0 Å². The number of rotatable bonds is 1. The van der Waals surface area contributed by atoms with E-state index in [1.54, 1.807) is 0 Å². The van der Waals surface area contributed by atoms with Gasteiger partial charge in [-0.2, -0.15) is 0 Å². The van der Waals surface area contributed by atoms with E-state index < -0.39 is 0 Å². The Balaban J connectivity index is 1.58. The molecular weight excluding hydrogens is 342 g/mol. The molecule has 1 aliphatic heterocycles. The van der Waals surface area contributed by atoms with Crippen molar-refractivity contribution in [3.05, 3.63) is 84.4 Å². The number of nitrogens with zero attached hydrogens (tertiary/aromatic N) is 1. The maximum Gasteiger partial charge on any atom is 0.123 e. The molecule has 138 valence electrons. The van der Waals surface area contributed by atoms with Crippen LogP contribution in [-0.2, 0) is 0 Å². The van der Waals surface area contributed by atoms with E-state index >= 15 is 0 Å². The van der Waals surface area contributed by atoms with Crippen molar-refractivity contribution in [3.63, 3.8) is 0 Å². The van der Waals surface area contributed by atoms with Crippen molar-refractivity contribution < 1.29 is 4.74 Å². The summed E-state index contributed by atoms with van der Waals surface area (Å²) in [6.07, 6.45) is 4.97. The molecule has 4 atom stereocenters. The number of hydrogen-bond donors (Lipinski definition) is 0. The lowest BCUT2D eigenvalue weighted by Crippen LogP contribution is -2.32. The van der Waals surface area contributed by atoms with Crippen LogP contribution in [0.2, 0.25) is 0 Å². The average Bonchev–Trinajstić information content (AvgIpc) is 3.26. The van der Waals surface area contributed by atoms with Crippen molar-refractivity contribution in [1.82, 2.24) is 4.57 Å². The zero-order chi connectivity index (χ0) is 18.8. The van der Waals surface area contributed by atoms with Gasteiger partial charge in [0, 0.05) is 27.9 Å². The van der Waals surface area contributed by atoms with Gasteiger partial charge in [-0.25, -0.2) is 0 Å². The molecule has 2 heterocycles. The van der Waals surface area contributed by atoms with E-state index in [4.69, 9.17) is 4.74 Å². The number of ether oxygens (including phenoxy) is 1. The Hall–Kier alpha value is -3.00. The van der Waals surface area contributed by atoms with Gasteiger partial charge in [0.15, 0.2) is 0 Å². The second kappa shape index (κ2) is 5.75. The first-order valence-corrected chi connectivity index (χ1v) is 10.2. The molecule has 0 spiro atoms. The molecule has 0 radical (unpaired) electrons. The zero-order valence-electron chi connectivity index (χ0n) is 16.2. The van der Waals surface area contributed by atoms with Gasteiger partial charge in [0.2, 0.25) is 0 Å². The molecule has 0 amide bonds. The van der Waals surface area contributed by atoms with E-state index in [0.29, 0.717) is 17.8 Å². The zero-order valence-corrected chi connectivity index (χ0v) is 16.2. The van der Waals surface area contributed by atoms with Crippen LogP contribution in [0.25, 0.3) is 27.5 Å². The summed E-state index contributed by atoms with van der Waals surface area (Å²) >= 11 is 0. The van der Waals surface area contributed by atoms with E-state index in [-0.39, 0.29) is 6.10 Å². The fraction of sp³-hybridized carbons (Fsp3) is 0.231. The highest BCUT2D eigenvalue weighted by atomic mass is 16.5. The van der Waals surface area contributed by atoms with Crippen LogP contribution < -0.4 is 4.74 Å². The first-order chi connectivity index (χ1) is 13.7. The second-order valence-electron chi connectivity index (χ2n) is 8.30. The van der Waals surface area contributed by atoms with E-state index in [0.717, 1.165) is 5.75 Å². The summed E-state index contributed by atoms with van der Waals surface area (Å²) in [5.41, 5.74) is 5.03. The molecule has 1 aromatic heterocycles. The molecule has 2 heteroatoms. The van der Waals surface area contributed by atoms with Gasteiger partial charge in [-0.15, -0.1) is 0 Å². The lowest BCUT2D eigenvalue weighted by molar-refractivity contribution is 0.127. The standard InChI is InChI=1S/C26H23NO/c1-16-11-13-21-22-15-18(12-14-25(22)28-26(21)17(16)2)27-23-9-5-3-7-19(23)20-8-4-6-10-24(20)27/h3-17,21,26H,1-2H3/t16?,17-,21?,26?/m0/s1. The predicted molar refractivity (Wildman–Crippen MR) is 115 cm³/mol. The monoisotopic (exact) mass is 365 g/mol. The number of aromatic nitrogens is 1. The van der Waals surface area contributed by atoms with Gasteiger partial charge in [-0.05, 0) is 42.2 Å². The molecule has 0 saturated heterocycles. The largest absolute Gasteiger partial charge is 0.489 e. The summed E-state index contributed by atoms with van der Waals surface area (Å²) in [7, 11) is 0. The molecule has 6 rings (SSSR count). The second-order valence-corrected chi connectivity index (χ2v) is 8.30. The quantitative estimate of drug-likeness (QED) is 0.353. The summed E-state index contributed by atoms with van der Waals surface area (Å²) in [6.45, 7) is 4.60. The third-order valence-corrected chi connectivity index (χ3v) is 6.78. The molecule has 3 unspecified atom stereocenters. The topological polar surface area (TPSA) is 14.2 Å². The Morgan fingerprint density at radius 2 is 1.46 bits per heavy atom. The van der Waals surface area contributed by atoms with Gasteiger partial charge < -0.3 is 9.30 Å². The Kier molecular flexibility index (Phi) is 3.28. The number of allylic oxidation sites excluding steroid dienone is 1. The Morgan fingerprint density at radius 1 is 0.786 bits per heavy atom. The summed E-state index contributed by atoms with van der Waals surface area (Å²) in [6, 6.07) is 24.1. The van der Waals surface area contributed by atoms with Crippen molar-refractivity contribution in [2.24, 2.45) is 11.8 Å². The molecule has 2 nitrogen and oxygen atoms in total. The van der Waals surface area contributed by atoms with Crippen molar-refractivity contribution in [3.8, 4) is 11.4 Å². The molecule has 0 N–H and O–H groups in total. The fourth-order valence-electron chi connectivity index (χ4n) is 5.06. The van der Waals surface area contributed by atoms with Gasteiger partial charge in [-0.3, -0.25) is 0 Å². The van der Waals surface area contributed by atoms with E-state index in [9.17, 15) is 0 Å². The van der Waals surface area contributed by atoms with Crippen LogP contribution >= 0.6 is 0 Å². The van der Waals surface area contributed by atoms with Crippen LogP contribution in [0.4, 0.5) is 0 Å². The van der Waals surface area contributed by atoms with Gasteiger partial charge in [0.05, 0.1) is 11.0 Å². The van der Waals surface area contributed by atoms with Crippen LogP contribution in [0.3, 0.4) is 0 Å². The predicted octanol–water partition coefficient (Wildman–Crippen LogP) is 6.47. The minimum absolute atomic E-state index is 0.253. The minimum atomic E-state index is 0.253. The summed E-state index contributed by atoms with van der Waals surface area (Å²) in [5, 5.41) is 2.60. The maximum atomic E-state index is 6.38. The Bertz CT molecular complexity index is 1190. The molecule has 2 aliphatic rings. The van der Waals surface area contributed by atoms with Gasteiger partial charge in [-0.1, -0.05) is 62.4 Å². The number of fused-ring (bicyclic) bond motifs is 6. The van der Waals surface area contributed by atoms with Crippen molar-refractivity contribution in [2.75, 3.05) is 0 Å². The van der Waals surface area contributed by atoms with Gasteiger partial charge in [0.25, 0.3) is 0 Å². The van der Waals surface area contributed by atoms with Gasteiger partial charge in [0.1, 0.15) is 11.9 Å². The number of hydrogen-bond acceptors (Lipinski definition) is 1. The lowest BCUT2D eigenvalue weighted by atomic mass is 9.77. The lowest BCUT2D eigenvalue weighted by Gasteiger charge is -2.30. The van der Waals surface area contributed by atoms with E-state index in [1.807, 2.05) is 0 Å². The van der Waals surface area contributed by atoms with E-state index in [1.165, 1.54) is 33.1 Å². The summed E-state index contributed by atoms with van der Waals surface area (Å²) in [5.74, 6) is 2.49. The highest BCUT2D eigenvalue weighted by molar-refractivity contribution is 6.09. The highest BCUT2D eigenvalue weighted by Crippen LogP contribution is 2.47. The van der Waals surface area contributed by atoms with Gasteiger partial charge >= 0.3 is 0 Å². The summed E-state index contributed by atoms with van der Waals surface area (Å²) < 4.78 is 8.77. The molecule has 4 aromatic rings. The molecule has 3 aromatic carbocycles. The molecule has 0 fully saturated rings. The molecule has 28 heavy (non-hydrogen) atoms. The third-order valence-electron chi connectivity index (χ3n) is 6.78.